The van der Waals surface area contributed by atoms with Gasteiger partial charge in [-0.25, -0.2) is 4.98 Å². The van der Waals surface area contributed by atoms with Crippen LogP contribution in [-0.2, 0) is 4.79 Å². The van der Waals surface area contributed by atoms with Gasteiger partial charge in [-0.3, -0.25) is 4.79 Å². The fraction of sp³-hybridized carbons (Fsp3) is 0.353. The largest absolute Gasteiger partial charge is 0.495 e. The fourth-order valence-corrected chi connectivity index (χ4v) is 2.99. The van der Waals surface area contributed by atoms with Crippen molar-refractivity contribution in [2.45, 2.75) is 6.92 Å². The number of carbonyl (C=O) groups excluding carboxylic acids is 1. The van der Waals surface area contributed by atoms with Crippen molar-refractivity contribution in [3.63, 3.8) is 0 Å². The molecule has 0 radical (unpaired) electrons. The first kappa shape index (κ1) is 16.2. The number of ether oxygens (including phenoxy) is 1. The molecule has 1 saturated heterocycles. The molecule has 0 bridgehead atoms. The van der Waals surface area contributed by atoms with Gasteiger partial charge in [-0.05, 0) is 24.3 Å². The van der Waals surface area contributed by atoms with Gasteiger partial charge in [-0.15, -0.1) is 15.3 Å². The first-order chi connectivity index (χ1) is 12.7. The standard InChI is InChI=1S/C17H19N7O2/c1-12(25)22-7-9-23(10-8-22)16-6-5-15-19-20-17(24(15)21-16)14-4-3-13(26-2)11-18-14/h3-6,11H,7-10H2,1-2H3. The third-order valence-corrected chi connectivity index (χ3v) is 4.50. The number of carbonyl (C=O) groups is 1. The topological polar surface area (TPSA) is 88.8 Å². The van der Waals surface area contributed by atoms with Crippen molar-refractivity contribution in [3.8, 4) is 17.3 Å². The molecule has 0 spiro atoms. The van der Waals surface area contributed by atoms with Crippen molar-refractivity contribution in [2.24, 2.45) is 0 Å². The zero-order valence-electron chi connectivity index (χ0n) is 14.7. The van der Waals surface area contributed by atoms with E-state index in [-0.39, 0.29) is 5.91 Å². The van der Waals surface area contributed by atoms with Crippen molar-refractivity contribution in [1.29, 1.82) is 0 Å². The van der Waals surface area contributed by atoms with E-state index in [1.165, 1.54) is 0 Å². The highest BCUT2D eigenvalue weighted by atomic mass is 16.5. The smallest absolute Gasteiger partial charge is 0.219 e. The zero-order chi connectivity index (χ0) is 18.1. The first-order valence-electron chi connectivity index (χ1n) is 8.39. The average Bonchev–Trinajstić information content (AvgIpc) is 3.11. The van der Waals surface area contributed by atoms with Crippen LogP contribution in [0.4, 0.5) is 5.82 Å². The molecule has 26 heavy (non-hydrogen) atoms. The Kier molecular flexibility index (Phi) is 4.11. The predicted octanol–water partition coefficient (Wildman–Crippen LogP) is 0.863. The Hall–Kier alpha value is -3.23. The summed E-state index contributed by atoms with van der Waals surface area (Å²) < 4.78 is 6.84. The van der Waals surface area contributed by atoms with Gasteiger partial charge in [0.1, 0.15) is 17.3 Å². The molecule has 0 aromatic carbocycles. The third kappa shape index (κ3) is 2.92. The summed E-state index contributed by atoms with van der Waals surface area (Å²) >= 11 is 0. The zero-order valence-corrected chi connectivity index (χ0v) is 14.7. The van der Waals surface area contributed by atoms with Crippen molar-refractivity contribution in [1.82, 2.24) is 29.7 Å². The van der Waals surface area contributed by atoms with Crippen LogP contribution in [0.25, 0.3) is 17.2 Å². The summed E-state index contributed by atoms with van der Waals surface area (Å²) in [5.74, 6) is 2.20. The van der Waals surface area contributed by atoms with Gasteiger partial charge in [-0.1, -0.05) is 0 Å². The molecule has 1 fully saturated rings. The normalized spacial score (nSPS) is 14.7. The second-order valence-corrected chi connectivity index (χ2v) is 6.06. The second-order valence-electron chi connectivity index (χ2n) is 6.06. The van der Waals surface area contributed by atoms with E-state index in [4.69, 9.17) is 9.84 Å². The molecular formula is C17H19N7O2. The number of piperazine rings is 1. The number of hydrogen-bond donors (Lipinski definition) is 0. The van der Waals surface area contributed by atoms with Crippen LogP contribution >= 0.6 is 0 Å². The quantitative estimate of drug-likeness (QED) is 0.690. The minimum absolute atomic E-state index is 0.111. The van der Waals surface area contributed by atoms with Crippen molar-refractivity contribution in [2.75, 3.05) is 38.2 Å². The van der Waals surface area contributed by atoms with Gasteiger partial charge in [0.2, 0.25) is 11.7 Å². The lowest BCUT2D eigenvalue weighted by Crippen LogP contribution is -2.48. The SMILES string of the molecule is COc1ccc(-c2nnc3ccc(N4CCN(C(C)=O)CC4)nn23)nc1. The van der Waals surface area contributed by atoms with E-state index in [1.807, 2.05) is 29.2 Å². The highest BCUT2D eigenvalue weighted by Gasteiger charge is 2.20. The van der Waals surface area contributed by atoms with Crippen LogP contribution in [0, 0.1) is 0 Å². The Labute approximate surface area is 150 Å². The molecule has 3 aromatic heterocycles. The number of aromatic nitrogens is 5. The Balaban J connectivity index is 1.63. The number of methoxy groups -OCH3 is 1. The number of rotatable bonds is 3. The number of amides is 1. The van der Waals surface area contributed by atoms with Crippen molar-refractivity contribution < 1.29 is 9.53 Å². The van der Waals surface area contributed by atoms with Gasteiger partial charge in [-0.2, -0.15) is 4.52 Å². The maximum absolute atomic E-state index is 11.5. The molecule has 134 valence electrons. The number of anilines is 1. The lowest BCUT2D eigenvalue weighted by molar-refractivity contribution is -0.129. The Bertz CT molecular complexity index is 930. The van der Waals surface area contributed by atoms with Crippen LogP contribution < -0.4 is 9.64 Å². The maximum Gasteiger partial charge on any atom is 0.219 e. The Morgan fingerprint density at radius 1 is 1.08 bits per heavy atom. The summed E-state index contributed by atoms with van der Waals surface area (Å²) in [5.41, 5.74) is 1.33. The summed E-state index contributed by atoms with van der Waals surface area (Å²) in [6.07, 6.45) is 1.64. The Morgan fingerprint density at radius 2 is 1.88 bits per heavy atom. The van der Waals surface area contributed by atoms with E-state index in [0.717, 1.165) is 18.9 Å². The minimum Gasteiger partial charge on any atom is -0.495 e. The van der Waals surface area contributed by atoms with Gasteiger partial charge in [0, 0.05) is 33.1 Å². The molecule has 4 heterocycles. The third-order valence-electron chi connectivity index (χ3n) is 4.50. The predicted molar refractivity (Wildman–Crippen MR) is 95.0 cm³/mol. The van der Waals surface area contributed by atoms with E-state index in [9.17, 15) is 4.79 Å². The molecule has 0 unspecified atom stereocenters. The lowest BCUT2D eigenvalue weighted by Gasteiger charge is -2.34. The molecule has 4 rings (SSSR count). The van der Waals surface area contributed by atoms with Crippen LogP contribution in [0.1, 0.15) is 6.92 Å². The second kappa shape index (κ2) is 6.58. The highest BCUT2D eigenvalue weighted by Crippen LogP contribution is 2.20. The monoisotopic (exact) mass is 353 g/mol. The van der Waals surface area contributed by atoms with E-state index < -0.39 is 0 Å². The van der Waals surface area contributed by atoms with Crippen molar-refractivity contribution in [3.05, 3.63) is 30.5 Å². The summed E-state index contributed by atoms with van der Waals surface area (Å²) in [6, 6.07) is 7.47. The summed E-state index contributed by atoms with van der Waals surface area (Å²) in [6.45, 7) is 4.49. The molecule has 0 N–H and O–H groups in total. The molecular weight excluding hydrogens is 334 g/mol. The Morgan fingerprint density at radius 3 is 2.54 bits per heavy atom. The van der Waals surface area contributed by atoms with Crippen molar-refractivity contribution >= 4 is 17.4 Å². The van der Waals surface area contributed by atoms with Crippen LogP contribution in [0.3, 0.4) is 0 Å². The molecule has 9 heteroatoms. The maximum atomic E-state index is 11.5. The van der Waals surface area contributed by atoms with Gasteiger partial charge in [0.25, 0.3) is 0 Å². The summed E-state index contributed by atoms with van der Waals surface area (Å²) in [5, 5.41) is 13.1. The van der Waals surface area contributed by atoms with E-state index in [1.54, 1.807) is 24.7 Å². The average molecular weight is 353 g/mol. The number of nitrogens with zero attached hydrogens (tertiary/aromatic N) is 7. The highest BCUT2D eigenvalue weighted by molar-refractivity contribution is 5.73. The van der Waals surface area contributed by atoms with Gasteiger partial charge < -0.3 is 14.5 Å². The van der Waals surface area contributed by atoms with Gasteiger partial charge >= 0.3 is 0 Å². The minimum atomic E-state index is 0.111. The first-order valence-corrected chi connectivity index (χ1v) is 8.39. The fourth-order valence-electron chi connectivity index (χ4n) is 2.99. The van der Waals surface area contributed by atoms with Gasteiger partial charge in [0.15, 0.2) is 5.65 Å². The molecule has 0 atom stereocenters. The summed E-state index contributed by atoms with van der Waals surface area (Å²) in [4.78, 5) is 19.9. The molecule has 1 amide bonds. The molecule has 3 aromatic rings. The van der Waals surface area contributed by atoms with Gasteiger partial charge in [0.05, 0.1) is 13.3 Å². The van der Waals surface area contributed by atoms with E-state index in [0.29, 0.717) is 36.0 Å². The molecule has 1 aliphatic heterocycles. The van der Waals surface area contributed by atoms with Crippen LogP contribution in [-0.4, -0.2) is 68.9 Å². The van der Waals surface area contributed by atoms with Crippen LogP contribution in [0.2, 0.25) is 0 Å². The number of pyridine rings is 1. The van der Waals surface area contributed by atoms with E-state index >= 15 is 0 Å². The molecule has 0 saturated carbocycles. The van der Waals surface area contributed by atoms with E-state index in [2.05, 4.69) is 20.1 Å². The number of hydrogen-bond acceptors (Lipinski definition) is 7. The summed E-state index contributed by atoms with van der Waals surface area (Å²) in [7, 11) is 1.60. The molecule has 0 aliphatic carbocycles. The number of fused-ring (bicyclic) bond motifs is 1. The molecule has 9 nitrogen and oxygen atoms in total. The van der Waals surface area contributed by atoms with Crippen LogP contribution in [0.15, 0.2) is 30.5 Å². The van der Waals surface area contributed by atoms with Crippen LogP contribution in [0.5, 0.6) is 5.75 Å². The molecule has 1 aliphatic rings. The lowest BCUT2D eigenvalue weighted by atomic mass is 10.3.